The third kappa shape index (κ3) is 3.61. The first kappa shape index (κ1) is 14.1. The van der Waals surface area contributed by atoms with Gasteiger partial charge in [-0.1, -0.05) is 21.1 Å². The van der Waals surface area contributed by atoms with E-state index in [0.717, 1.165) is 10.9 Å². The molecule has 0 aliphatic carbocycles. The Morgan fingerprint density at radius 1 is 1.47 bits per heavy atom. The van der Waals surface area contributed by atoms with Gasteiger partial charge in [0.1, 0.15) is 5.82 Å². The van der Waals surface area contributed by atoms with E-state index in [1.54, 1.807) is 6.07 Å². The predicted molar refractivity (Wildman–Crippen MR) is 74.2 cm³/mol. The number of hydrogen-bond donors (Lipinski definition) is 1. The number of aryl methyl sites for hydroxylation is 1. The van der Waals surface area contributed by atoms with E-state index in [1.807, 2.05) is 7.05 Å². The Bertz CT molecular complexity index is 559. The molecule has 4 nitrogen and oxygen atoms in total. The van der Waals surface area contributed by atoms with Gasteiger partial charge in [0, 0.05) is 22.5 Å². The monoisotopic (exact) mass is 327 g/mol. The Morgan fingerprint density at radius 3 is 3.00 bits per heavy atom. The maximum absolute atomic E-state index is 13.2. The summed E-state index contributed by atoms with van der Waals surface area (Å²) in [5.74, 6) is 0.639. The van der Waals surface area contributed by atoms with Gasteiger partial charge in [0.25, 0.3) is 0 Å². The van der Waals surface area contributed by atoms with E-state index >= 15 is 0 Å². The van der Waals surface area contributed by atoms with Gasteiger partial charge in [-0.2, -0.15) is 4.98 Å². The molecule has 0 radical (unpaired) electrons. The zero-order chi connectivity index (χ0) is 13.8. The van der Waals surface area contributed by atoms with Gasteiger partial charge in [-0.15, -0.1) is 0 Å². The van der Waals surface area contributed by atoms with E-state index in [0.29, 0.717) is 29.7 Å². The number of benzene rings is 1. The van der Waals surface area contributed by atoms with Crippen molar-refractivity contribution in [3.05, 3.63) is 34.4 Å². The Hall–Kier alpha value is -1.27. The molecular weight excluding hydrogens is 313 g/mol. The molecule has 1 aromatic heterocycles. The van der Waals surface area contributed by atoms with E-state index in [2.05, 4.69) is 38.3 Å². The molecule has 0 saturated carbocycles. The Kier molecular flexibility index (Phi) is 4.66. The van der Waals surface area contributed by atoms with Crippen LogP contribution >= 0.6 is 15.9 Å². The summed E-state index contributed by atoms with van der Waals surface area (Å²) in [6, 6.07) is 4.78. The second kappa shape index (κ2) is 6.25. The molecule has 1 aromatic carbocycles. The molecule has 0 spiro atoms. The van der Waals surface area contributed by atoms with Crippen molar-refractivity contribution in [3.8, 4) is 11.4 Å². The summed E-state index contributed by atoms with van der Waals surface area (Å²) in [6.07, 6.45) is 1.60. The Labute approximate surface area is 119 Å². The van der Waals surface area contributed by atoms with Gasteiger partial charge in [0.05, 0.1) is 0 Å². The standard InChI is InChI=1S/C13H15BrFN3O/c1-8(16-2)3-6-12-17-13(18-19-12)10-7-9(15)4-5-11(10)14/h4-5,7-8,16H,3,6H2,1-2H3. The first-order valence-corrected chi connectivity index (χ1v) is 6.84. The van der Waals surface area contributed by atoms with Gasteiger partial charge >= 0.3 is 0 Å². The van der Waals surface area contributed by atoms with E-state index in [4.69, 9.17) is 4.52 Å². The quantitative estimate of drug-likeness (QED) is 0.916. The second-order valence-corrected chi connectivity index (χ2v) is 5.22. The third-order valence-corrected chi connectivity index (χ3v) is 3.61. The van der Waals surface area contributed by atoms with Crippen molar-refractivity contribution in [2.24, 2.45) is 0 Å². The first-order chi connectivity index (χ1) is 9.10. The molecule has 0 saturated heterocycles. The second-order valence-electron chi connectivity index (χ2n) is 4.36. The lowest BCUT2D eigenvalue weighted by Gasteiger charge is -2.06. The summed E-state index contributed by atoms with van der Waals surface area (Å²) >= 11 is 3.35. The van der Waals surface area contributed by atoms with Gasteiger partial charge < -0.3 is 9.84 Å². The Balaban J connectivity index is 2.14. The number of hydrogen-bond acceptors (Lipinski definition) is 4. The molecule has 102 valence electrons. The van der Waals surface area contributed by atoms with Gasteiger partial charge in [-0.3, -0.25) is 0 Å². The summed E-state index contributed by atoms with van der Waals surface area (Å²) in [4.78, 5) is 4.29. The molecule has 0 aliphatic heterocycles. The number of nitrogens with zero attached hydrogens (tertiary/aromatic N) is 2. The molecular formula is C13H15BrFN3O. The molecule has 6 heteroatoms. The molecule has 2 rings (SSSR count). The Morgan fingerprint density at radius 2 is 2.26 bits per heavy atom. The number of rotatable bonds is 5. The maximum Gasteiger partial charge on any atom is 0.227 e. The van der Waals surface area contributed by atoms with Gasteiger partial charge in [0.15, 0.2) is 0 Å². The summed E-state index contributed by atoms with van der Waals surface area (Å²) in [6.45, 7) is 2.08. The van der Waals surface area contributed by atoms with Crippen LogP contribution in [-0.4, -0.2) is 23.2 Å². The van der Waals surface area contributed by atoms with Crippen LogP contribution in [0.2, 0.25) is 0 Å². The van der Waals surface area contributed by atoms with E-state index < -0.39 is 0 Å². The molecule has 1 atom stereocenters. The van der Waals surface area contributed by atoms with Crippen LogP contribution in [0.3, 0.4) is 0 Å². The van der Waals surface area contributed by atoms with E-state index in [9.17, 15) is 4.39 Å². The SMILES string of the molecule is CNC(C)CCc1nc(-c2cc(F)ccc2Br)no1. The number of halogens is 2. The summed E-state index contributed by atoms with van der Waals surface area (Å²) in [5.41, 5.74) is 0.594. The third-order valence-electron chi connectivity index (χ3n) is 2.92. The highest BCUT2D eigenvalue weighted by atomic mass is 79.9. The molecule has 1 unspecified atom stereocenters. The summed E-state index contributed by atoms with van der Waals surface area (Å²) < 4.78 is 19.1. The molecule has 1 N–H and O–H groups in total. The van der Waals surface area contributed by atoms with Crippen molar-refractivity contribution in [1.82, 2.24) is 15.5 Å². The minimum Gasteiger partial charge on any atom is -0.339 e. The zero-order valence-electron chi connectivity index (χ0n) is 10.8. The average Bonchev–Trinajstić information content (AvgIpc) is 2.87. The van der Waals surface area contributed by atoms with E-state index in [-0.39, 0.29) is 5.82 Å². The maximum atomic E-state index is 13.2. The van der Waals surface area contributed by atoms with E-state index in [1.165, 1.54) is 12.1 Å². The van der Waals surface area contributed by atoms with Crippen molar-refractivity contribution < 1.29 is 8.91 Å². The first-order valence-electron chi connectivity index (χ1n) is 6.05. The fourth-order valence-corrected chi connectivity index (χ4v) is 2.04. The number of nitrogens with one attached hydrogen (secondary N) is 1. The smallest absolute Gasteiger partial charge is 0.227 e. The van der Waals surface area contributed by atoms with Crippen LogP contribution in [-0.2, 0) is 6.42 Å². The van der Waals surface area contributed by atoms with Crippen molar-refractivity contribution in [3.63, 3.8) is 0 Å². The van der Waals surface area contributed by atoms with Crippen LogP contribution in [0.25, 0.3) is 11.4 Å². The minimum atomic E-state index is -0.326. The molecule has 0 fully saturated rings. The highest BCUT2D eigenvalue weighted by Gasteiger charge is 2.13. The fourth-order valence-electron chi connectivity index (χ4n) is 1.62. The predicted octanol–water partition coefficient (Wildman–Crippen LogP) is 3.18. The fraction of sp³-hybridized carbons (Fsp3) is 0.385. The van der Waals surface area contributed by atoms with Crippen LogP contribution in [0.4, 0.5) is 4.39 Å². The van der Waals surface area contributed by atoms with Gasteiger partial charge in [0.2, 0.25) is 11.7 Å². The van der Waals surface area contributed by atoms with Crippen LogP contribution in [0.15, 0.2) is 27.2 Å². The largest absolute Gasteiger partial charge is 0.339 e. The van der Waals surface area contributed by atoms with Crippen LogP contribution < -0.4 is 5.32 Å². The van der Waals surface area contributed by atoms with Crippen molar-refractivity contribution in [1.29, 1.82) is 0 Å². The lowest BCUT2D eigenvalue weighted by molar-refractivity contribution is 0.369. The van der Waals surface area contributed by atoms with Crippen LogP contribution in [0.1, 0.15) is 19.2 Å². The van der Waals surface area contributed by atoms with Crippen LogP contribution in [0, 0.1) is 5.82 Å². The molecule has 2 aromatic rings. The molecule has 0 bridgehead atoms. The van der Waals surface area contributed by atoms with Crippen LogP contribution in [0.5, 0.6) is 0 Å². The molecule has 19 heavy (non-hydrogen) atoms. The summed E-state index contributed by atoms with van der Waals surface area (Å²) in [7, 11) is 1.91. The normalized spacial score (nSPS) is 12.6. The van der Waals surface area contributed by atoms with Crippen molar-refractivity contribution >= 4 is 15.9 Å². The highest BCUT2D eigenvalue weighted by Crippen LogP contribution is 2.26. The molecule has 1 heterocycles. The number of aromatic nitrogens is 2. The lowest BCUT2D eigenvalue weighted by atomic mass is 10.2. The molecule has 0 aliphatic rings. The van der Waals surface area contributed by atoms with Crippen molar-refractivity contribution in [2.75, 3.05) is 7.05 Å². The minimum absolute atomic E-state index is 0.326. The summed E-state index contributed by atoms with van der Waals surface area (Å²) in [5, 5.41) is 7.03. The topological polar surface area (TPSA) is 51.0 Å². The average molecular weight is 328 g/mol. The van der Waals surface area contributed by atoms with Gasteiger partial charge in [-0.05, 0) is 38.6 Å². The highest BCUT2D eigenvalue weighted by molar-refractivity contribution is 9.10. The zero-order valence-corrected chi connectivity index (χ0v) is 12.4. The molecule has 0 amide bonds. The lowest BCUT2D eigenvalue weighted by Crippen LogP contribution is -2.21. The van der Waals surface area contributed by atoms with Gasteiger partial charge in [-0.25, -0.2) is 4.39 Å². The van der Waals surface area contributed by atoms with Crippen molar-refractivity contribution in [2.45, 2.75) is 25.8 Å².